The molecule has 1 saturated carbocycles. The molecular formula is C23H37. The van der Waals surface area contributed by atoms with Gasteiger partial charge in [-0.25, -0.2) is 0 Å². The minimum atomic E-state index is 0.368. The van der Waals surface area contributed by atoms with Crippen molar-refractivity contribution in [3.63, 3.8) is 0 Å². The molecule has 0 heteroatoms. The average molecular weight is 314 g/mol. The van der Waals surface area contributed by atoms with Crippen molar-refractivity contribution in [3.8, 4) is 0 Å². The molecule has 0 bridgehead atoms. The summed E-state index contributed by atoms with van der Waals surface area (Å²) in [5, 5.41) is 0. The molecule has 0 spiro atoms. The largest absolute Gasteiger partial charge is 0.0625 e. The van der Waals surface area contributed by atoms with E-state index >= 15 is 0 Å². The smallest absolute Gasteiger partial charge is 0.0227 e. The molecule has 0 unspecified atom stereocenters. The zero-order chi connectivity index (χ0) is 17.0. The van der Waals surface area contributed by atoms with Gasteiger partial charge >= 0.3 is 0 Å². The Balaban J connectivity index is 1.87. The van der Waals surface area contributed by atoms with Gasteiger partial charge in [-0.05, 0) is 80.1 Å². The van der Waals surface area contributed by atoms with Crippen LogP contribution in [0.25, 0.3) is 0 Å². The predicted molar refractivity (Wildman–Crippen MR) is 102 cm³/mol. The van der Waals surface area contributed by atoms with Crippen molar-refractivity contribution < 1.29 is 0 Å². The molecule has 0 amide bonds. The van der Waals surface area contributed by atoms with Crippen LogP contribution in [0.15, 0.2) is 24.3 Å². The van der Waals surface area contributed by atoms with Gasteiger partial charge in [0.25, 0.3) is 0 Å². The molecule has 1 radical (unpaired) electrons. The lowest BCUT2D eigenvalue weighted by Crippen LogP contribution is -2.26. The summed E-state index contributed by atoms with van der Waals surface area (Å²) in [4.78, 5) is 0. The van der Waals surface area contributed by atoms with E-state index in [0.717, 1.165) is 17.8 Å². The normalized spacial score (nSPS) is 22.8. The molecule has 0 saturated heterocycles. The Morgan fingerprint density at radius 1 is 1.13 bits per heavy atom. The Labute approximate surface area is 145 Å². The van der Waals surface area contributed by atoms with E-state index in [1.165, 1.54) is 49.7 Å². The number of hydrogen-bond donors (Lipinski definition) is 0. The van der Waals surface area contributed by atoms with Crippen molar-refractivity contribution in [3.05, 3.63) is 41.3 Å². The molecule has 0 heterocycles. The topological polar surface area (TPSA) is 0 Å². The van der Waals surface area contributed by atoms with Gasteiger partial charge in [0.05, 0.1) is 0 Å². The first-order valence-electron chi connectivity index (χ1n) is 9.65. The van der Waals surface area contributed by atoms with Crippen LogP contribution in [-0.2, 0) is 6.42 Å². The summed E-state index contributed by atoms with van der Waals surface area (Å²) < 4.78 is 0. The molecule has 0 aromatic heterocycles. The highest BCUT2D eigenvalue weighted by Gasteiger charge is 2.30. The highest BCUT2D eigenvalue weighted by Crippen LogP contribution is 2.42. The molecule has 0 N–H and O–H groups in total. The Kier molecular flexibility index (Phi) is 6.34. The highest BCUT2D eigenvalue weighted by molar-refractivity contribution is 5.23. The molecule has 129 valence electrons. The van der Waals surface area contributed by atoms with Gasteiger partial charge in [0, 0.05) is 0 Å². The van der Waals surface area contributed by atoms with Gasteiger partial charge in [0.15, 0.2) is 0 Å². The van der Waals surface area contributed by atoms with E-state index in [1.54, 1.807) is 5.92 Å². The molecule has 2 rings (SSSR count). The van der Waals surface area contributed by atoms with E-state index < -0.39 is 0 Å². The van der Waals surface area contributed by atoms with Crippen molar-refractivity contribution in [1.29, 1.82) is 0 Å². The third-order valence-corrected chi connectivity index (χ3v) is 5.93. The molecular weight excluding hydrogens is 276 g/mol. The van der Waals surface area contributed by atoms with Crippen LogP contribution in [0.4, 0.5) is 0 Å². The molecule has 1 aromatic rings. The standard InChI is InChI=1S/C23H37/c1-17(2)21-10-12-22(13-11-21)19(4)15-23(5,6)16-20-9-7-8-18(3)14-20/h7-9,14,17,21-22H,10-13,15-16H2,1-6H3. The summed E-state index contributed by atoms with van der Waals surface area (Å²) >= 11 is 0. The Morgan fingerprint density at radius 3 is 2.35 bits per heavy atom. The van der Waals surface area contributed by atoms with Crippen LogP contribution in [-0.4, -0.2) is 0 Å². The Morgan fingerprint density at radius 2 is 1.78 bits per heavy atom. The van der Waals surface area contributed by atoms with Crippen molar-refractivity contribution in [2.24, 2.45) is 23.2 Å². The summed E-state index contributed by atoms with van der Waals surface area (Å²) in [5.41, 5.74) is 3.24. The summed E-state index contributed by atoms with van der Waals surface area (Å²) in [6, 6.07) is 9.04. The first-order chi connectivity index (χ1) is 10.8. The second kappa shape index (κ2) is 7.86. The zero-order valence-electron chi connectivity index (χ0n) is 16.3. The van der Waals surface area contributed by atoms with Crippen LogP contribution in [0.3, 0.4) is 0 Å². The number of benzene rings is 1. The second-order valence-electron chi connectivity index (χ2n) is 9.21. The Bertz CT molecular complexity index is 475. The van der Waals surface area contributed by atoms with Crippen LogP contribution < -0.4 is 0 Å². The first-order valence-corrected chi connectivity index (χ1v) is 9.65. The Hall–Kier alpha value is -0.780. The van der Waals surface area contributed by atoms with Crippen molar-refractivity contribution in [2.75, 3.05) is 0 Å². The fraction of sp³-hybridized carbons (Fsp3) is 0.696. The molecule has 23 heavy (non-hydrogen) atoms. The van der Waals surface area contributed by atoms with E-state index in [9.17, 15) is 0 Å². The molecule has 0 aliphatic heterocycles. The van der Waals surface area contributed by atoms with Crippen molar-refractivity contribution in [1.82, 2.24) is 0 Å². The third-order valence-electron chi connectivity index (χ3n) is 5.93. The summed E-state index contributed by atoms with van der Waals surface area (Å²) in [6.07, 6.45) is 8.20. The molecule has 1 aromatic carbocycles. The summed E-state index contributed by atoms with van der Waals surface area (Å²) in [7, 11) is 0. The molecule has 0 nitrogen and oxygen atoms in total. The van der Waals surface area contributed by atoms with Gasteiger partial charge in [0.2, 0.25) is 0 Å². The number of hydrogen-bond acceptors (Lipinski definition) is 0. The maximum absolute atomic E-state index is 2.44. The van der Waals surface area contributed by atoms with Crippen molar-refractivity contribution >= 4 is 0 Å². The maximum atomic E-state index is 2.44. The van der Waals surface area contributed by atoms with E-state index in [0.29, 0.717) is 5.41 Å². The van der Waals surface area contributed by atoms with Gasteiger partial charge in [0.1, 0.15) is 0 Å². The SMILES string of the molecule is C[C](CC(C)(C)Cc1cccc(C)c1)C1CCC(C(C)C)CC1. The van der Waals surface area contributed by atoms with E-state index in [1.807, 2.05) is 0 Å². The first kappa shape index (κ1) is 18.6. The molecule has 1 aliphatic rings. The third kappa shape index (κ3) is 5.66. The quantitative estimate of drug-likeness (QED) is 0.530. The monoisotopic (exact) mass is 313 g/mol. The van der Waals surface area contributed by atoms with Crippen LogP contribution in [0.5, 0.6) is 0 Å². The minimum absolute atomic E-state index is 0.368. The van der Waals surface area contributed by atoms with Gasteiger partial charge in [-0.15, -0.1) is 0 Å². The maximum Gasteiger partial charge on any atom is -0.0227 e. The van der Waals surface area contributed by atoms with Gasteiger partial charge in [-0.3, -0.25) is 0 Å². The molecule has 0 atom stereocenters. The lowest BCUT2D eigenvalue weighted by atomic mass is 9.68. The summed E-state index contributed by atoms with van der Waals surface area (Å²) in [5.74, 6) is 4.47. The van der Waals surface area contributed by atoms with Gasteiger partial charge in [-0.1, -0.05) is 64.4 Å². The van der Waals surface area contributed by atoms with Gasteiger partial charge < -0.3 is 0 Å². The predicted octanol–water partition coefficient (Wildman–Crippen LogP) is 7.01. The summed E-state index contributed by atoms with van der Waals surface area (Å²) in [6.45, 7) is 14.3. The van der Waals surface area contributed by atoms with Crippen LogP contribution in [0.1, 0.15) is 77.8 Å². The fourth-order valence-electron chi connectivity index (χ4n) is 4.62. The lowest BCUT2D eigenvalue weighted by Gasteiger charge is -2.37. The van der Waals surface area contributed by atoms with Crippen LogP contribution in [0, 0.1) is 36.0 Å². The van der Waals surface area contributed by atoms with Gasteiger partial charge in [-0.2, -0.15) is 0 Å². The number of aryl methyl sites for hydroxylation is 1. The lowest BCUT2D eigenvalue weighted by molar-refractivity contribution is 0.212. The molecule has 1 aliphatic carbocycles. The van der Waals surface area contributed by atoms with Crippen LogP contribution in [0.2, 0.25) is 0 Å². The van der Waals surface area contributed by atoms with E-state index in [4.69, 9.17) is 0 Å². The average Bonchev–Trinajstić information content (AvgIpc) is 2.46. The second-order valence-corrected chi connectivity index (χ2v) is 9.21. The highest BCUT2D eigenvalue weighted by atomic mass is 14.4. The van der Waals surface area contributed by atoms with Crippen LogP contribution >= 0.6 is 0 Å². The van der Waals surface area contributed by atoms with E-state index in [-0.39, 0.29) is 0 Å². The van der Waals surface area contributed by atoms with Crippen molar-refractivity contribution in [2.45, 2.75) is 80.1 Å². The fourth-order valence-corrected chi connectivity index (χ4v) is 4.62. The molecule has 1 fully saturated rings. The number of rotatable bonds is 6. The minimum Gasteiger partial charge on any atom is -0.0625 e. The van der Waals surface area contributed by atoms with E-state index in [2.05, 4.69) is 65.8 Å². The zero-order valence-corrected chi connectivity index (χ0v) is 16.3.